The Morgan fingerprint density at radius 1 is 0.484 bits per heavy atom. The van der Waals surface area contributed by atoms with Gasteiger partial charge < -0.3 is 4.12 Å². The Labute approximate surface area is 195 Å². The highest BCUT2D eigenvalue weighted by atomic mass is 28.4. The molecule has 8 saturated carbocycles. The van der Waals surface area contributed by atoms with Gasteiger partial charge in [0, 0.05) is 0 Å². The van der Waals surface area contributed by atoms with Gasteiger partial charge in [0.15, 0.2) is 16.6 Å². The van der Waals surface area contributed by atoms with E-state index >= 15 is 0 Å². The molecule has 0 aromatic carbocycles. The van der Waals surface area contributed by atoms with Gasteiger partial charge in [0.1, 0.15) is 0 Å². The molecule has 8 aliphatic carbocycles. The van der Waals surface area contributed by atoms with E-state index in [1.165, 1.54) is 24.2 Å². The molecule has 0 aliphatic heterocycles. The van der Waals surface area contributed by atoms with Crippen LogP contribution in [0.5, 0.6) is 0 Å². The number of hydrogen-bond donors (Lipinski definition) is 0. The van der Waals surface area contributed by atoms with Crippen molar-refractivity contribution < 1.29 is 4.12 Å². The minimum absolute atomic E-state index is 0.663. The zero-order chi connectivity index (χ0) is 21.5. The second-order valence-electron chi connectivity index (χ2n) is 13.9. The Kier molecular flexibility index (Phi) is 5.26. The van der Waals surface area contributed by atoms with Gasteiger partial charge in [-0.2, -0.15) is 0 Å². The molecule has 0 spiro atoms. The molecule has 176 valence electrons. The number of rotatable bonds is 8. The van der Waals surface area contributed by atoms with Gasteiger partial charge in [-0.1, -0.05) is 27.7 Å². The summed E-state index contributed by atoms with van der Waals surface area (Å²) >= 11 is 0. The summed E-state index contributed by atoms with van der Waals surface area (Å²) in [5, 5.41) is 1.33. The van der Waals surface area contributed by atoms with E-state index in [4.69, 9.17) is 4.12 Å². The van der Waals surface area contributed by atoms with Crippen LogP contribution < -0.4 is 0 Å². The van der Waals surface area contributed by atoms with Gasteiger partial charge in [0.2, 0.25) is 0 Å². The SMILES string of the molecule is CC[Si](CC)(O[Si](CC)(CC)C12CC3CC(CC(C3)C1)C2)C12CC3CC(CC(C3)C1)C2. The van der Waals surface area contributed by atoms with Crippen LogP contribution in [0.25, 0.3) is 0 Å². The maximum absolute atomic E-state index is 8.27. The largest absolute Gasteiger partial charge is 0.454 e. The van der Waals surface area contributed by atoms with Crippen molar-refractivity contribution in [3.8, 4) is 0 Å². The van der Waals surface area contributed by atoms with E-state index in [1.54, 1.807) is 77.0 Å². The summed E-state index contributed by atoms with van der Waals surface area (Å²) in [5.74, 6) is 6.41. The normalized spacial score (nSPS) is 48.0. The second-order valence-corrected chi connectivity index (χ2v) is 23.6. The molecule has 8 aliphatic rings. The highest BCUT2D eigenvalue weighted by Gasteiger charge is 2.67. The molecule has 1 nitrogen and oxygen atoms in total. The van der Waals surface area contributed by atoms with Crippen molar-refractivity contribution in [1.29, 1.82) is 0 Å². The lowest BCUT2D eigenvalue weighted by Gasteiger charge is -2.67. The van der Waals surface area contributed by atoms with Gasteiger partial charge in [-0.3, -0.25) is 0 Å². The highest BCUT2D eigenvalue weighted by molar-refractivity contribution is 6.90. The summed E-state index contributed by atoms with van der Waals surface area (Å²) in [6.07, 6.45) is 18.9. The zero-order valence-corrected chi connectivity index (χ0v) is 23.2. The first-order valence-electron chi connectivity index (χ1n) is 14.6. The molecule has 0 unspecified atom stereocenters. The van der Waals surface area contributed by atoms with Crippen LogP contribution in [0.3, 0.4) is 0 Å². The molecule has 0 aromatic rings. The molecule has 31 heavy (non-hydrogen) atoms. The summed E-state index contributed by atoms with van der Waals surface area (Å²) in [5.41, 5.74) is 0. The van der Waals surface area contributed by atoms with Crippen LogP contribution in [0.15, 0.2) is 0 Å². The minimum atomic E-state index is -1.76. The van der Waals surface area contributed by atoms with Crippen molar-refractivity contribution in [1.82, 2.24) is 0 Å². The molecule has 3 heteroatoms. The molecule has 0 amide bonds. The van der Waals surface area contributed by atoms with Gasteiger partial charge in [0.25, 0.3) is 0 Å². The van der Waals surface area contributed by atoms with Crippen LogP contribution in [0, 0.1) is 35.5 Å². The van der Waals surface area contributed by atoms with Crippen molar-refractivity contribution in [2.45, 2.75) is 139 Å². The second kappa shape index (κ2) is 7.44. The zero-order valence-electron chi connectivity index (χ0n) is 21.2. The summed E-state index contributed by atoms with van der Waals surface area (Å²) in [4.78, 5) is 0. The summed E-state index contributed by atoms with van der Waals surface area (Å²) in [6, 6.07) is 5.65. The van der Waals surface area contributed by atoms with Crippen LogP contribution in [-0.2, 0) is 4.12 Å². The Balaban J connectivity index is 1.38. The van der Waals surface area contributed by atoms with Crippen molar-refractivity contribution in [2.75, 3.05) is 0 Å². The molecule has 0 radical (unpaired) electrons. The fourth-order valence-corrected chi connectivity index (χ4v) is 27.2. The van der Waals surface area contributed by atoms with E-state index in [-0.39, 0.29) is 0 Å². The van der Waals surface area contributed by atoms with E-state index in [2.05, 4.69) is 27.7 Å². The quantitative estimate of drug-likeness (QED) is 0.330. The maximum atomic E-state index is 8.27. The lowest BCUT2D eigenvalue weighted by atomic mass is 9.56. The van der Waals surface area contributed by atoms with E-state index in [1.807, 2.05) is 0 Å². The average molecular weight is 459 g/mol. The van der Waals surface area contributed by atoms with Crippen LogP contribution >= 0.6 is 0 Å². The van der Waals surface area contributed by atoms with Crippen LogP contribution in [-0.4, -0.2) is 16.6 Å². The van der Waals surface area contributed by atoms with Crippen molar-refractivity contribution >= 4 is 16.6 Å². The maximum Gasteiger partial charge on any atom is 0.185 e. The Bertz CT molecular complexity index is 563. The fraction of sp³-hybridized carbons (Fsp3) is 1.00. The van der Waals surface area contributed by atoms with Gasteiger partial charge in [-0.25, -0.2) is 0 Å². The molecule has 0 saturated heterocycles. The first-order chi connectivity index (χ1) is 14.9. The number of hydrogen-bond acceptors (Lipinski definition) is 1. The standard InChI is InChI=1S/C28H50OSi2/c1-5-30(6-2,27-15-21-9-22(16-27)11-23(10-21)17-27)29-31(7-3,8-4)28-18-24-12-25(19-28)14-26(13-24)20-28/h21-26H,5-20H2,1-4H3. The summed E-state index contributed by atoms with van der Waals surface area (Å²) in [6.45, 7) is 10.3. The topological polar surface area (TPSA) is 9.23 Å². The predicted molar refractivity (Wildman–Crippen MR) is 136 cm³/mol. The van der Waals surface area contributed by atoms with Crippen molar-refractivity contribution in [3.63, 3.8) is 0 Å². The van der Waals surface area contributed by atoms with E-state index in [0.29, 0.717) is 10.1 Å². The monoisotopic (exact) mass is 458 g/mol. The Hall–Kier alpha value is 0.394. The molecule has 0 aromatic heterocycles. The van der Waals surface area contributed by atoms with Crippen molar-refractivity contribution in [3.05, 3.63) is 0 Å². The van der Waals surface area contributed by atoms with E-state index in [9.17, 15) is 0 Å². The molecule has 8 bridgehead atoms. The van der Waals surface area contributed by atoms with Crippen molar-refractivity contribution in [2.24, 2.45) is 35.5 Å². The Morgan fingerprint density at radius 2 is 0.710 bits per heavy atom. The molecule has 8 fully saturated rings. The van der Waals surface area contributed by atoms with Gasteiger partial charge in [0.05, 0.1) is 0 Å². The molecule has 0 N–H and O–H groups in total. The van der Waals surface area contributed by atoms with Crippen LogP contribution in [0.4, 0.5) is 0 Å². The fourth-order valence-electron chi connectivity index (χ4n) is 12.2. The first kappa shape index (κ1) is 21.9. The molecule has 0 atom stereocenters. The molecular formula is C28H50OSi2. The molecular weight excluding hydrogens is 408 g/mol. The van der Waals surface area contributed by atoms with Crippen LogP contribution in [0.2, 0.25) is 34.3 Å². The first-order valence-corrected chi connectivity index (χ1v) is 19.3. The van der Waals surface area contributed by atoms with Crippen LogP contribution in [0.1, 0.15) is 105 Å². The predicted octanol–water partition coefficient (Wildman–Crippen LogP) is 8.91. The van der Waals surface area contributed by atoms with E-state index < -0.39 is 16.6 Å². The van der Waals surface area contributed by atoms with E-state index in [0.717, 1.165) is 35.5 Å². The lowest BCUT2D eigenvalue weighted by molar-refractivity contribution is 0.0104. The third-order valence-electron chi connectivity index (χ3n) is 12.7. The molecule has 8 rings (SSSR count). The Morgan fingerprint density at radius 3 is 0.903 bits per heavy atom. The average Bonchev–Trinajstić information content (AvgIpc) is 2.73. The van der Waals surface area contributed by atoms with Gasteiger partial charge >= 0.3 is 0 Å². The highest BCUT2D eigenvalue weighted by Crippen LogP contribution is 2.73. The molecule has 0 heterocycles. The lowest BCUT2D eigenvalue weighted by Crippen LogP contribution is -2.66. The summed E-state index contributed by atoms with van der Waals surface area (Å²) < 4.78 is 8.27. The van der Waals surface area contributed by atoms with Gasteiger partial charge in [-0.05, 0) is 147 Å². The smallest absolute Gasteiger partial charge is 0.185 e. The third-order valence-corrected chi connectivity index (χ3v) is 25.5. The van der Waals surface area contributed by atoms with Gasteiger partial charge in [-0.15, -0.1) is 0 Å². The minimum Gasteiger partial charge on any atom is -0.454 e. The summed E-state index contributed by atoms with van der Waals surface area (Å²) in [7, 11) is -3.53. The third kappa shape index (κ3) is 3.00.